The number of hydrogen-bond acceptors (Lipinski definition) is 4. The van der Waals surface area contributed by atoms with E-state index in [0.29, 0.717) is 0 Å². The molecule has 0 aliphatic heterocycles. The number of pyridine rings is 1. The maximum atomic E-state index is 10.6. The average molecular weight is 240 g/mol. The van der Waals surface area contributed by atoms with Gasteiger partial charge in [0.15, 0.2) is 0 Å². The Kier molecular flexibility index (Phi) is 5.28. The van der Waals surface area contributed by atoms with Crippen LogP contribution in [-0.4, -0.2) is 46.6 Å². The summed E-state index contributed by atoms with van der Waals surface area (Å²) in [6.07, 6.45) is 3.48. The lowest BCUT2D eigenvalue weighted by molar-refractivity contribution is 0.0696. The number of carboxylic acids is 1. The molecule has 0 aliphatic rings. The highest BCUT2D eigenvalue weighted by Gasteiger charge is 2.04. The van der Waals surface area contributed by atoms with Crippen LogP contribution in [0.25, 0.3) is 0 Å². The van der Waals surface area contributed by atoms with Gasteiger partial charge in [0, 0.05) is 25.0 Å². The minimum Gasteiger partial charge on any atom is -0.478 e. The summed E-state index contributed by atoms with van der Waals surface area (Å²) < 4.78 is 0. The van der Waals surface area contributed by atoms with Crippen molar-refractivity contribution >= 4 is 17.7 Å². The van der Waals surface area contributed by atoms with E-state index in [1.165, 1.54) is 6.20 Å². The van der Waals surface area contributed by atoms with Gasteiger partial charge in [-0.3, -0.25) is 9.88 Å². The molecule has 0 aromatic carbocycles. The molecular weight excluding hydrogens is 224 g/mol. The van der Waals surface area contributed by atoms with Gasteiger partial charge in [0.25, 0.3) is 0 Å². The van der Waals surface area contributed by atoms with Crippen molar-refractivity contribution in [3.8, 4) is 0 Å². The van der Waals surface area contributed by atoms with Crippen LogP contribution in [0.15, 0.2) is 18.3 Å². The fourth-order valence-corrected chi connectivity index (χ4v) is 1.74. The van der Waals surface area contributed by atoms with Crippen molar-refractivity contribution in [3.05, 3.63) is 29.6 Å². The predicted octanol–water partition coefficient (Wildman–Crippen LogP) is 1.57. The van der Waals surface area contributed by atoms with Gasteiger partial charge in [-0.2, -0.15) is 11.8 Å². The normalized spacial score (nSPS) is 10.7. The third kappa shape index (κ3) is 4.20. The quantitative estimate of drug-likeness (QED) is 0.818. The Morgan fingerprint density at radius 2 is 2.31 bits per heavy atom. The fraction of sp³-hybridized carbons (Fsp3) is 0.455. The van der Waals surface area contributed by atoms with Crippen LogP contribution >= 0.6 is 11.8 Å². The van der Waals surface area contributed by atoms with Gasteiger partial charge >= 0.3 is 5.97 Å². The first-order chi connectivity index (χ1) is 7.63. The summed E-state index contributed by atoms with van der Waals surface area (Å²) in [6, 6.07) is 3.35. The topological polar surface area (TPSA) is 53.4 Å². The SMILES string of the molecule is CSCCN(C)Cc1ccc(C(=O)O)cn1. The Morgan fingerprint density at radius 3 is 2.81 bits per heavy atom. The van der Waals surface area contributed by atoms with Crippen molar-refractivity contribution in [1.29, 1.82) is 0 Å². The van der Waals surface area contributed by atoms with Crippen molar-refractivity contribution < 1.29 is 9.90 Å². The van der Waals surface area contributed by atoms with Crippen molar-refractivity contribution in [1.82, 2.24) is 9.88 Å². The van der Waals surface area contributed by atoms with E-state index in [1.807, 2.05) is 18.8 Å². The largest absolute Gasteiger partial charge is 0.478 e. The molecule has 0 radical (unpaired) electrons. The number of aromatic carboxylic acids is 1. The van der Waals surface area contributed by atoms with Crippen LogP contribution in [0.4, 0.5) is 0 Å². The minimum absolute atomic E-state index is 0.232. The Hall–Kier alpha value is -1.07. The minimum atomic E-state index is -0.935. The molecular formula is C11H16N2O2S. The molecule has 5 heteroatoms. The summed E-state index contributed by atoms with van der Waals surface area (Å²) in [5.41, 5.74) is 1.13. The number of carboxylic acid groups (broad SMARTS) is 1. The van der Waals surface area contributed by atoms with Crippen LogP contribution in [0.3, 0.4) is 0 Å². The zero-order valence-corrected chi connectivity index (χ0v) is 10.3. The van der Waals surface area contributed by atoms with Crippen LogP contribution in [0, 0.1) is 0 Å². The van der Waals surface area contributed by atoms with Crippen molar-refractivity contribution in [3.63, 3.8) is 0 Å². The fourth-order valence-electron chi connectivity index (χ4n) is 1.25. The lowest BCUT2D eigenvalue weighted by atomic mass is 10.2. The van der Waals surface area contributed by atoms with Gasteiger partial charge in [0.2, 0.25) is 0 Å². The standard InChI is InChI=1S/C11H16N2O2S/c1-13(5-6-16-2)8-10-4-3-9(7-12-10)11(14)15/h3-4,7H,5-6,8H2,1-2H3,(H,14,15). The second-order valence-electron chi connectivity index (χ2n) is 3.57. The van der Waals surface area contributed by atoms with Crippen LogP contribution in [0.1, 0.15) is 16.1 Å². The molecule has 0 spiro atoms. The number of aromatic nitrogens is 1. The van der Waals surface area contributed by atoms with E-state index in [-0.39, 0.29) is 5.56 Å². The lowest BCUT2D eigenvalue weighted by Gasteiger charge is -2.15. The molecule has 0 saturated heterocycles. The van der Waals surface area contributed by atoms with Crippen molar-refractivity contribution in [2.45, 2.75) is 6.54 Å². The molecule has 0 aliphatic carbocycles. The van der Waals surface area contributed by atoms with E-state index < -0.39 is 5.97 Å². The molecule has 0 atom stereocenters. The first-order valence-corrected chi connectivity index (χ1v) is 6.38. The summed E-state index contributed by atoms with van der Waals surface area (Å²) in [7, 11) is 2.03. The molecule has 0 unspecified atom stereocenters. The highest BCUT2D eigenvalue weighted by molar-refractivity contribution is 7.98. The van der Waals surface area contributed by atoms with Crippen LogP contribution in [0.2, 0.25) is 0 Å². The Labute approximate surface area is 99.7 Å². The van der Waals surface area contributed by atoms with Gasteiger partial charge < -0.3 is 5.11 Å². The van der Waals surface area contributed by atoms with Gasteiger partial charge in [0.05, 0.1) is 11.3 Å². The summed E-state index contributed by atoms with van der Waals surface area (Å²) >= 11 is 1.81. The Morgan fingerprint density at radius 1 is 1.56 bits per heavy atom. The molecule has 16 heavy (non-hydrogen) atoms. The molecule has 0 bridgehead atoms. The maximum Gasteiger partial charge on any atom is 0.337 e. The number of rotatable bonds is 6. The molecule has 0 fully saturated rings. The summed E-state index contributed by atoms with van der Waals surface area (Å²) in [6.45, 7) is 1.75. The summed E-state index contributed by atoms with van der Waals surface area (Å²) in [5, 5.41) is 8.72. The monoisotopic (exact) mass is 240 g/mol. The van der Waals surface area contributed by atoms with Gasteiger partial charge in [-0.25, -0.2) is 4.79 Å². The van der Waals surface area contributed by atoms with Gasteiger partial charge in [-0.15, -0.1) is 0 Å². The van der Waals surface area contributed by atoms with Crippen molar-refractivity contribution in [2.75, 3.05) is 25.6 Å². The van der Waals surface area contributed by atoms with Gasteiger partial charge in [-0.05, 0) is 25.4 Å². The average Bonchev–Trinajstić information content (AvgIpc) is 2.27. The zero-order valence-electron chi connectivity index (χ0n) is 9.51. The van der Waals surface area contributed by atoms with Crippen LogP contribution in [0.5, 0.6) is 0 Å². The Balaban J connectivity index is 2.51. The summed E-state index contributed by atoms with van der Waals surface area (Å²) in [5.74, 6) is 0.152. The Bertz CT molecular complexity index is 340. The molecule has 1 N–H and O–H groups in total. The third-order valence-corrected chi connectivity index (χ3v) is 2.77. The third-order valence-electron chi connectivity index (χ3n) is 2.18. The van der Waals surface area contributed by atoms with E-state index in [2.05, 4.69) is 16.1 Å². The number of thioether (sulfide) groups is 1. The highest BCUT2D eigenvalue weighted by Crippen LogP contribution is 2.03. The second kappa shape index (κ2) is 6.50. The molecule has 1 heterocycles. The molecule has 0 amide bonds. The predicted molar refractivity (Wildman–Crippen MR) is 65.9 cm³/mol. The molecule has 88 valence electrons. The smallest absolute Gasteiger partial charge is 0.337 e. The first-order valence-electron chi connectivity index (χ1n) is 4.99. The second-order valence-corrected chi connectivity index (χ2v) is 4.56. The van der Waals surface area contributed by atoms with Crippen molar-refractivity contribution in [2.24, 2.45) is 0 Å². The van der Waals surface area contributed by atoms with Gasteiger partial charge in [0.1, 0.15) is 0 Å². The molecule has 4 nitrogen and oxygen atoms in total. The maximum absolute atomic E-state index is 10.6. The van der Waals surface area contributed by atoms with Gasteiger partial charge in [-0.1, -0.05) is 0 Å². The summed E-state index contributed by atoms with van der Waals surface area (Å²) in [4.78, 5) is 16.9. The van der Waals surface area contributed by atoms with E-state index >= 15 is 0 Å². The molecule has 1 aromatic heterocycles. The lowest BCUT2D eigenvalue weighted by Crippen LogP contribution is -2.21. The number of nitrogens with zero attached hydrogens (tertiary/aromatic N) is 2. The van der Waals surface area contributed by atoms with Crippen LogP contribution in [-0.2, 0) is 6.54 Å². The molecule has 1 aromatic rings. The number of hydrogen-bond donors (Lipinski definition) is 1. The zero-order chi connectivity index (χ0) is 12.0. The van der Waals surface area contributed by atoms with E-state index in [4.69, 9.17) is 5.11 Å². The first kappa shape index (κ1) is 13.0. The van der Waals surface area contributed by atoms with E-state index in [0.717, 1.165) is 24.5 Å². The van der Waals surface area contributed by atoms with Crippen LogP contribution < -0.4 is 0 Å². The highest BCUT2D eigenvalue weighted by atomic mass is 32.2. The van der Waals surface area contributed by atoms with E-state index in [1.54, 1.807) is 12.1 Å². The van der Waals surface area contributed by atoms with E-state index in [9.17, 15) is 4.79 Å². The molecule has 0 saturated carbocycles. The number of carbonyl (C=O) groups is 1. The molecule has 1 rings (SSSR count).